The second-order valence-electron chi connectivity index (χ2n) is 6.36. The number of anilines is 1. The molecule has 9 nitrogen and oxygen atoms in total. The molecule has 138 valence electrons. The summed E-state index contributed by atoms with van der Waals surface area (Å²) >= 11 is 0.820. The zero-order chi connectivity index (χ0) is 18.3. The van der Waals surface area contributed by atoms with Gasteiger partial charge < -0.3 is 20.9 Å². The Morgan fingerprint density at radius 2 is 2.28 bits per heavy atom. The summed E-state index contributed by atoms with van der Waals surface area (Å²) in [5.41, 5.74) is 5.43. The van der Waals surface area contributed by atoms with Crippen LogP contribution < -0.4 is 21.5 Å². The van der Waals surface area contributed by atoms with Crippen molar-refractivity contribution in [3.63, 3.8) is 0 Å². The number of H-pyrrole nitrogens is 1. The van der Waals surface area contributed by atoms with Crippen molar-refractivity contribution in [2.75, 3.05) is 12.8 Å². The molecule has 1 aliphatic heterocycles. The van der Waals surface area contributed by atoms with Crippen LogP contribution in [-0.2, 0) is 4.74 Å². The molecule has 0 radical (unpaired) electrons. The lowest BCUT2D eigenvalue weighted by Gasteiger charge is -2.24. The molecule has 0 aliphatic carbocycles. The number of aliphatic hydroxyl groups excluding tert-OH is 1. The van der Waals surface area contributed by atoms with Gasteiger partial charge in [0.25, 0.3) is 5.56 Å². The molecule has 2 aromatic rings. The molecule has 1 saturated heterocycles. The Hall–Kier alpha value is -1.75. The molecule has 3 rings (SSSR count). The van der Waals surface area contributed by atoms with Crippen LogP contribution in [0.4, 0.5) is 5.95 Å². The highest BCUT2D eigenvalue weighted by atomic mass is 32.1. The van der Waals surface area contributed by atoms with Crippen LogP contribution in [0.5, 0.6) is 0 Å². The maximum absolute atomic E-state index is 12.6. The molecule has 0 amide bonds. The van der Waals surface area contributed by atoms with E-state index in [-0.39, 0.29) is 39.2 Å². The van der Waals surface area contributed by atoms with Crippen LogP contribution in [0.1, 0.15) is 32.9 Å². The quantitative estimate of drug-likeness (QED) is 0.583. The number of thiazole rings is 1. The van der Waals surface area contributed by atoms with E-state index < -0.39 is 17.9 Å². The highest BCUT2D eigenvalue weighted by Crippen LogP contribution is 2.39. The van der Waals surface area contributed by atoms with E-state index in [2.05, 4.69) is 15.3 Å². The fourth-order valence-corrected chi connectivity index (χ4v) is 4.16. The molecule has 0 saturated carbocycles. The first-order valence-electron chi connectivity index (χ1n) is 8.29. The van der Waals surface area contributed by atoms with Crippen LogP contribution >= 0.6 is 11.3 Å². The van der Waals surface area contributed by atoms with Gasteiger partial charge in [-0.2, -0.15) is 4.98 Å². The number of rotatable bonds is 5. The second-order valence-corrected chi connectivity index (χ2v) is 7.32. The van der Waals surface area contributed by atoms with E-state index in [4.69, 9.17) is 10.5 Å². The maximum Gasteiger partial charge on any atom is 0.311 e. The van der Waals surface area contributed by atoms with Gasteiger partial charge in [0.15, 0.2) is 5.65 Å². The number of aliphatic hydroxyl groups is 1. The minimum Gasteiger partial charge on any atom is -0.390 e. The van der Waals surface area contributed by atoms with E-state index in [9.17, 15) is 14.7 Å². The summed E-state index contributed by atoms with van der Waals surface area (Å²) in [6.07, 6.45) is -0.453. The van der Waals surface area contributed by atoms with Crippen LogP contribution in [0.2, 0.25) is 0 Å². The van der Waals surface area contributed by atoms with Crippen molar-refractivity contribution in [2.45, 2.75) is 51.2 Å². The number of fused-ring (bicyclic) bond motifs is 1. The number of aromatic amines is 1. The van der Waals surface area contributed by atoms with Gasteiger partial charge in [-0.1, -0.05) is 18.3 Å². The number of hydrogen-bond donors (Lipinski definition) is 4. The molecule has 0 spiro atoms. The highest BCUT2D eigenvalue weighted by Gasteiger charge is 2.43. The first kappa shape index (κ1) is 18.1. The molecule has 1 aliphatic rings. The summed E-state index contributed by atoms with van der Waals surface area (Å²) in [5, 5.41) is 13.4. The monoisotopic (exact) mass is 369 g/mol. The van der Waals surface area contributed by atoms with Crippen molar-refractivity contribution in [3.8, 4) is 0 Å². The van der Waals surface area contributed by atoms with Crippen LogP contribution in [-0.4, -0.2) is 44.9 Å². The largest absolute Gasteiger partial charge is 0.390 e. The standard InChI is InChI=1S/C15H23N5O4S/c1-4-8(21)9-5-7(6(2)17-3)13(24-9)20-11-10(25-15(20)23)12(22)19-14(16)18-11/h6-9,13,17,21H,4-5H2,1-3H3,(H3,16,18,19,22)/t6?,7-,8?,9-,13+/m0/s1. The third kappa shape index (κ3) is 3.10. The smallest absolute Gasteiger partial charge is 0.311 e. The van der Waals surface area contributed by atoms with E-state index >= 15 is 0 Å². The van der Waals surface area contributed by atoms with Gasteiger partial charge in [0.1, 0.15) is 10.9 Å². The van der Waals surface area contributed by atoms with E-state index in [0.29, 0.717) is 12.8 Å². The number of nitrogens with one attached hydrogen (secondary N) is 2. The SMILES string of the molecule is CCC(O)[C@@H]1C[C@@H](C(C)NC)[C@H](n2c(=O)sc3c(=O)[nH]c(N)nc32)O1. The number of nitrogens with two attached hydrogens (primary N) is 1. The van der Waals surface area contributed by atoms with Gasteiger partial charge in [0.05, 0.1) is 12.2 Å². The third-order valence-corrected chi connectivity index (χ3v) is 5.82. The fourth-order valence-electron chi connectivity index (χ4n) is 3.32. The van der Waals surface area contributed by atoms with Crippen LogP contribution in [0.25, 0.3) is 10.3 Å². The van der Waals surface area contributed by atoms with Crippen LogP contribution in [0.3, 0.4) is 0 Å². The van der Waals surface area contributed by atoms with Crippen molar-refractivity contribution < 1.29 is 9.84 Å². The highest BCUT2D eigenvalue weighted by molar-refractivity contribution is 7.16. The Morgan fingerprint density at radius 3 is 2.92 bits per heavy atom. The number of nitrogens with zero attached hydrogens (tertiary/aromatic N) is 2. The number of aromatic nitrogens is 3. The van der Waals surface area contributed by atoms with Crippen molar-refractivity contribution in [2.24, 2.45) is 5.92 Å². The summed E-state index contributed by atoms with van der Waals surface area (Å²) in [7, 11) is 1.83. The molecule has 25 heavy (non-hydrogen) atoms. The molecule has 5 N–H and O–H groups in total. The van der Waals surface area contributed by atoms with Crippen molar-refractivity contribution in [3.05, 3.63) is 20.0 Å². The summed E-state index contributed by atoms with van der Waals surface area (Å²) in [6.45, 7) is 3.88. The van der Waals surface area contributed by atoms with Gasteiger partial charge in [-0.15, -0.1) is 0 Å². The topological polar surface area (TPSA) is 135 Å². The van der Waals surface area contributed by atoms with E-state index in [1.165, 1.54) is 4.57 Å². The predicted octanol–water partition coefficient (Wildman–Crippen LogP) is 0.0110. The number of hydrogen-bond acceptors (Lipinski definition) is 8. The average Bonchev–Trinajstić information content (AvgIpc) is 3.14. The van der Waals surface area contributed by atoms with Crippen molar-refractivity contribution in [1.29, 1.82) is 0 Å². The summed E-state index contributed by atoms with van der Waals surface area (Å²) < 4.78 is 7.67. The Kier molecular flexibility index (Phi) is 4.96. The Balaban J connectivity index is 2.12. The molecule has 0 aromatic carbocycles. The van der Waals surface area contributed by atoms with Crippen LogP contribution in [0.15, 0.2) is 9.59 Å². The lowest BCUT2D eigenvalue weighted by atomic mass is 9.93. The first-order valence-corrected chi connectivity index (χ1v) is 9.10. The molecular weight excluding hydrogens is 346 g/mol. The molecule has 2 aromatic heterocycles. The predicted molar refractivity (Wildman–Crippen MR) is 95.7 cm³/mol. The average molecular weight is 369 g/mol. The summed E-state index contributed by atoms with van der Waals surface area (Å²) in [5.74, 6) is -0.112. The van der Waals surface area contributed by atoms with E-state index in [1.807, 2.05) is 20.9 Å². The zero-order valence-corrected chi connectivity index (χ0v) is 15.2. The van der Waals surface area contributed by atoms with Crippen LogP contribution in [0, 0.1) is 5.92 Å². The third-order valence-electron chi connectivity index (χ3n) is 4.88. The molecular formula is C15H23N5O4S. The normalized spacial score (nSPS) is 26.2. The molecule has 10 heteroatoms. The van der Waals surface area contributed by atoms with Gasteiger partial charge in [-0.25, -0.2) is 0 Å². The molecule has 2 unspecified atom stereocenters. The van der Waals surface area contributed by atoms with Gasteiger partial charge in [0, 0.05) is 12.0 Å². The minimum absolute atomic E-state index is 0.0419. The Bertz CT molecular complexity index is 875. The zero-order valence-electron chi connectivity index (χ0n) is 14.4. The van der Waals surface area contributed by atoms with Gasteiger partial charge in [-0.05, 0) is 26.8 Å². The molecule has 0 bridgehead atoms. The van der Waals surface area contributed by atoms with Crippen molar-refractivity contribution in [1.82, 2.24) is 19.9 Å². The fraction of sp³-hybridized carbons (Fsp3) is 0.667. The first-order chi connectivity index (χ1) is 11.9. The van der Waals surface area contributed by atoms with Crippen molar-refractivity contribution >= 4 is 27.6 Å². The summed E-state index contributed by atoms with van der Waals surface area (Å²) in [6, 6.07) is 0.0419. The lowest BCUT2D eigenvalue weighted by molar-refractivity contribution is -0.0669. The molecule has 5 atom stereocenters. The van der Waals surface area contributed by atoms with Gasteiger partial charge >= 0.3 is 4.87 Å². The number of nitrogen functional groups attached to an aromatic ring is 1. The molecule has 1 fully saturated rings. The van der Waals surface area contributed by atoms with E-state index in [0.717, 1.165) is 11.3 Å². The van der Waals surface area contributed by atoms with Gasteiger partial charge in [0.2, 0.25) is 5.95 Å². The lowest BCUT2D eigenvalue weighted by Crippen LogP contribution is -2.36. The number of ether oxygens (including phenoxy) is 1. The van der Waals surface area contributed by atoms with E-state index in [1.54, 1.807) is 0 Å². The summed E-state index contributed by atoms with van der Waals surface area (Å²) in [4.78, 5) is 30.9. The minimum atomic E-state index is -0.622. The Morgan fingerprint density at radius 1 is 1.56 bits per heavy atom. The molecule has 3 heterocycles. The van der Waals surface area contributed by atoms with Gasteiger partial charge in [-0.3, -0.25) is 19.1 Å². The second kappa shape index (κ2) is 6.87. The maximum atomic E-state index is 12.6. The Labute approximate surface area is 147 Å².